The molecule has 0 unspecified atom stereocenters. The molecule has 3 N–H and O–H groups in total. The van der Waals surface area contributed by atoms with Crippen molar-refractivity contribution in [1.29, 1.82) is 0 Å². The van der Waals surface area contributed by atoms with E-state index in [0.29, 0.717) is 30.3 Å². The van der Waals surface area contributed by atoms with Crippen LogP contribution in [0.1, 0.15) is 85.5 Å². The number of rotatable bonds is 0. The van der Waals surface area contributed by atoms with Gasteiger partial charge >= 0.3 is 0 Å². The van der Waals surface area contributed by atoms with E-state index in [-0.39, 0.29) is 41.0 Å². The van der Waals surface area contributed by atoms with E-state index in [1.54, 1.807) is 0 Å². The lowest BCUT2D eigenvalue weighted by atomic mass is 9.43. The van der Waals surface area contributed by atoms with Crippen molar-refractivity contribution < 1.29 is 24.8 Å². The van der Waals surface area contributed by atoms with Crippen molar-refractivity contribution in [3.63, 3.8) is 0 Å². The molecule has 0 aromatic heterocycles. The van der Waals surface area contributed by atoms with Gasteiger partial charge in [-0.05, 0) is 98.7 Å². The molecule has 4 aliphatic carbocycles. The number of ether oxygens (including phenoxy) is 2. The lowest BCUT2D eigenvalue weighted by Gasteiger charge is -2.62. The third-order valence-corrected chi connectivity index (χ3v) is 11.9. The summed E-state index contributed by atoms with van der Waals surface area (Å²) in [6, 6.07) is 0. The molecule has 0 aromatic carbocycles. The van der Waals surface area contributed by atoms with Crippen LogP contribution in [0.3, 0.4) is 0 Å². The fraction of sp³-hybridized carbons (Fsp3) is 1.00. The average Bonchev–Trinajstić information content (AvgIpc) is 3.14. The van der Waals surface area contributed by atoms with Crippen LogP contribution in [0.4, 0.5) is 0 Å². The van der Waals surface area contributed by atoms with Gasteiger partial charge in [-0.3, -0.25) is 0 Å². The largest absolute Gasteiger partial charge is 0.393 e. The molecule has 0 radical (unpaired) electrons. The summed E-state index contributed by atoms with van der Waals surface area (Å²) in [7, 11) is 0. The molecule has 1 spiro atoms. The van der Waals surface area contributed by atoms with E-state index < -0.39 is 11.4 Å². The second-order valence-electron chi connectivity index (χ2n) is 13.5. The zero-order valence-corrected chi connectivity index (χ0v) is 20.4. The van der Waals surface area contributed by atoms with E-state index in [2.05, 4.69) is 20.8 Å². The standard InChI is InChI=1S/C27H44O5/c1-15-5-10-27(31-14-15)26(4,30)23-22(32-27)13-19-17-12-21(29)20-11-16(28)6-8-24(20,2)18(17)7-9-25(19,23)3/h15-23,28-30H,5-14H2,1-4H3/t15-,16+,17-,18+,19+,20-,21+,22+,23+,24-,25+,26-,27-/m1/s1. The summed E-state index contributed by atoms with van der Waals surface area (Å²) >= 11 is 0. The summed E-state index contributed by atoms with van der Waals surface area (Å²) in [5, 5.41) is 33.6. The summed E-state index contributed by atoms with van der Waals surface area (Å²) in [5.74, 6) is 1.54. The van der Waals surface area contributed by atoms with E-state index in [4.69, 9.17) is 9.47 Å². The molecule has 2 saturated heterocycles. The molecule has 5 nitrogen and oxygen atoms in total. The number of aliphatic hydroxyl groups excluding tert-OH is 2. The fourth-order valence-corrected chi connectivity index (χ4v) is 10.3. The minimum absolute atomic E-state index is 0.0162. The van der Waals surface area contributed by atoms with Gasteiger partial charge in [0.2, 0.25) is 0 Å². The van der Waals surface area contributed by atoms with Crippen LogP contribution < -0.4 is 0 Å². The molecule has 0 amide bonds. The van der Waals surface area contributed by atoms with Crippen molar-refractivity contribution >= 4 is 0 Å². The van der Waals surface area contributed by atoms with Crippen LogP contribution in [-0.2, 0) is 9.47 Å². The maximum absolute atomic E-state index is 12.0. The van der Waals surface area contributed by atoms with Crippen molar-refractivity contribution in [2.24, 2.45) is 46.3 Å². The number of hydrogen-bond acceptors (Lipinski definition) is 5. The molecule has 0 bridgehead atoms. The highest BCUT2D eigenvalue weighted by Crippen LogP contribution is 2.72. The Labute approximate surface area is 193 Å². The maximum atomic E-state index is 12.0. The van der Waals surface area contributed by atoms with Gasteiger partial charge in [0, 0.05) is 12.3 Å². The van der Waals surface area contributed by atoms with Crippen LogP contribution in [0.2, 0.25) is 0 Å². The number of fused-ring (bicyclic) bond motifs is 7. The highest BCUT2D eigenvalue weighted by molar-refractivity contribution is 5.20. The molecule has 6 rings (SSSR count). The lowest BCUT2D eigenvalue weighted by molar-refractivity contribution is -0.316. The van der Waals surface area contributed by atoms with Gasteiger partial charge in [0.15, 0.2) is 5.79 Å². The molecular weight excluding hydrogens is 404 g/mol. The molecule has 0 aromatic rings. The monoisotopic (exact) mass is 448 g/mol. The zero-order valence-electron chi connectivity index (χ0n) is 20.4. The Bertz CT molecular complexity index is 759. The highest BCUT2D eigenvalue weighted by atomic mass is 16.7. The molecule has 4 saturated carbocycles. The van der Waals surface area contributed by atoms with Crippen LogP contribution in [0.25, 0.3) is 0 Å². The Morgan fingerprint density at radius 2 is 1.56 bits per heavy atom. The van der Waals surface area contributed by atoms with Crippen LogP contribution in [0, 0.1) is 46.3 Å². The summed E-state index contributed by atoms with van der Waals surface area (Å²) in [6.07, 6.45) is 8.04. The fourth-order valence-electron chi connectivity index (χ4n) is 10.3. The quantitative estimate of drug-likeness (QED) is 0.524. The predicted molar refractivity (Wildman–Crippen MR) is 121 cm³/mol. The Morgan fingerprint density at radius 3 is 2.28 bits per heavy atom. The van der Waals surface area contributed by atoms with Gasteiger partial charge in [-0.2, -0.15) is 0 Å². The van der Waals surface area contributed by atoms with E-state index in [1.807, 2.05) is 6.92 Å². The summed E-state index contributed by atoms with van der Waals surface area (Å²) in [4.78, 5) is 0. The molecule has 13 atom stereocenters. The Balaban J connectivity index is 1.31. The first-order chi connectivity index (χ1) is 15.0. The van der Waals surface area contributed by atoms with Crippen LogP contribution in [0.15, 0.2) is 0 Å². The molecule has 182 valence electrons. The van der Waals surface area contributed by atoms with Crippen molar-refractivity contribution in [1.82, 2.24) is 0 Å². The van der Waals surface area contributed by atoms with Gasteiger partial charge in [-0.1, -0.05) is 20.8 Å². The summed E-state index contributed by atoms with van der Waals surface area (Å²) < 4.78 is 13.0. The SMILES string of the molecule is C[C@@H]1CC[C@@]2(OC1)O[C@H]1C[C@H]3[C@@H]4C[C@H](O)[C@H]5C[C@@H](O)CC[C@]5(C)[C@H]4CC[C@]3(C)[C@H]1[C@@]2(C)O. The second-order valence-corrected chi connectivity index (χ2v) is 13.5. The van der Waals surface area contributed by atoms with Gasteiger partial charge in [0.25, 0.3) is 0 Å². The third-order valence-electron chi connectivity index (χ3n) is 11.9. The minimum atomic E-state index is -0.983. The Morgan fingerprint density at radius 1 is 0.812 bits per heavy atom. The molecule has 2 aliphatic heterocycles. The molecule has 2 heterocycles. The lowest BCUT2D eigenvalue weighted by Crippen LogP contribution is -2.62. The Hall–Kier alpha value is -0.200. The summed E-state index contributed by atoms with van der Waals surface area (Å²) in [6.45, 7) is 9.68. The van der Waals surface area contributed by atoms with Crippen molar-refractivity contribution in [3.05, 3.63) is 0 Å². The van der Waals surface area contributed by atoms with E-state index >= 15 is 0 Å². The van der Waals surface area contributed by atoms with Crippen molar-refractivity contribution in [3.8, 4) is 0 Å². The van der Waals surface area contributed by atoms with Gasteiger partial charge in [0.05, 0.1) is 24.9 Å². The molecular formula is C27H44O5. The molecule has 32 heavy (non-hydrogen) atoms. The first-order valence-electron chi connectivity index (χ1n) is 13.4. The molecule has 6 fully saturated rings. The highest BCUT2D eigenvalue weighted by Gasteiger charge is 2.74. The zero-order chi connectivity index (χ0) is 22.7. The summed E-state index contributed by atoms with van der Waals surface area (Å²) in [5.41, 5.74) is -0.848. The van der Waals surface area contributed by atoms with Crippen LogP contribution in [0.5, 0.6) is 0 Å². The van der Waals surface area contributed by atoms with Gasteiger partial charge in [-0.15, -0.1) is 0 Å². The van der Waals surface area contributed by atoms with Crippen LogP contribution in [-0.4, -0.2) is 51.6 Å². The minimum Gasteiger partial charge on any atom is -0.393 e. The molecule has 6 aliphatic rings. The second kappa shape index (κ2) is 6.94. The van der Waals surface area contributed by atoms with E-state index in [9.17, 15) is 15.3 Å². The average molecular weight is 449 g/mol. The predicted octanol–water partition coefficient (Wildman–Crippen LogP) is 3.88. The number of hydrogen-bond donors (Lipinski definition) is 3. The maximum Gasteiger partial charge on any atom is 0.197 e. The smallest absolute Gasteiger partial charge is 0.197 e. The van der Waals surface area contributed by atoms with Gasteiger partial charge in [-0.25, -0.2) is 0 Å². The normalized spacial score (nSPS) is 64.0. The van der Waals surface area contributed by atoms with Gasteiger partial charge in [0.1, 0.15) is 5.60 Å². The molecule has 5 heteroatoms. The third kappa shape index (κ3) is 2.69. The van der Waals surface area contributed by atoms with Crippen LogP contribution >= 0.6 is 0 Å². The first-order valence-corrected chi connectivity index (χ1v) is 13.4. The van der Waals surface area contributed by atoms with E-state index in [0.717, 1.165) is 57.8 Å². The Kier molecular flexibility index (Phi) is 4.83. The van der Waals surface area contributed by atoms with Gasteiger partial charge < -0.3 is 24.8 Å². The van der Waals surface area contributed by atoms with Crippen molar-refractivity contribution in [2.75, 3.05) is 6.61 Å². The van der Waals surface area contributed by atoms with E-state index in [1.165, 1.54) is 0 Å². The first kappa shape index (κ1) is 22.3. The van der Waals surface area contributed by atoms with Crippen molar-refractivity contribution in [2.45, 2.75) is 115 Å². The number of aliphatic hydroxyl groups is 3. The topological polar surface area (TPSA) is 79.2 Å².